The van der Waals surface area contributed by atoms with E-state index in [0.717, 1.165) is 23.7 Å². The van der Waals surface area contributed by atoms with E-state index in [0.29, 0.717) is 5.41 Å². The molecule has 0 bridgehead atoms. The molecule has 1 aliphatic carbocycles. The normalized spacial score (nSPS) is 27.9. The van der Waals surface area contributed by atoms with Crippen LogP contribution >= 0.6 is 0 Å². The second-order valence-electron chi connectivity index (χ2n) is 7.27. The molecule has 0 aromatic rings. The molecule has 0 radical (unpaired) electrons. The smallest absolute Gasteiger partial charge is 0.0326 e. The van der Waals surface area contributed by atoms with Gasteiger partial charge in [-0.2, -0.15) is 0 Å². The Morgan fingerprint density at radius 1 is 1.18 bits per heavy atom. The molecule has 17 heavy (non-hydrogen) atoms. The Morgan fingerprint density at radius 2 is 1.76 bits per heavy atom. The van der Waals surface area contributed by atoms with Gasteiger partial charge in [-0.3, -0.25) is 0 Å². The third-order valence-corrected chi connectivity index (χ3v) is 5.51. The maximum absolute atomic E-state index is 2.49. The molecule has 4 unspecified atom stereocenters. The van der Waals surface area contributed by atoms with Gasteiger partial charge in [-0.25, -0.2) is 0 Å². The van der Waals surface area contributed by atoms with Crippen molar-refractivity contribution in [1.82, 2.24) is 0 Å². The second kappa shape index (κ2) is 6.25. The van der Waals surface area contributed by atoms with E-state index in [2.05, 4.69) is 41.5 Å². The lowest BCUT2D eigenvalue weighted by molar-refractivity contribution is 0.154. The van der Waals surface area contributed by atoms with E-state index >= 15 is 0 Å². The topological polar surface area (TPSA) is 0 Å². The minimum Gasteiger partial charge on any atom is -0.0651 e. The van der Waals surface area contributed by atoms with E-state index in [9.17, 15) is 0 Å². The van der Waals surface area contributed by atoms with Gasteiger partial charge in [0.1, 0.15) is 0 Å². The monoisotopic (exact) mass is 238 g/mol. The van der Waals surface area contributed by atoms with Gasteiger partial charge in [0.2, 0.25) is 0 Å². The van der Waals surface area contributed by atoms with Crippen LogP contribution < -0.4 is 0 Å². The minimum absolute atomic E-state index is 0.560. The average Bonchev–Trinajstić information content (AvgIpc) is 3.00. The molecule has 0 aromatic heterocycles. The molecule has 0 amide bonds. The lowest BCUT2D eigenvalue weighted by atomic mass is 9.71. The summed E-state index contributed by atoms with van der Waals surface area (Å²) in [7, 11) is 0. The SMILES string of the molecule is CCC(C)CCCC(C1CC1C)C(C)(C)CC. The Hall–Kier alpha value is 0. The summed E-state index contributed by atoms with van der Waals surface area (Å²) >= 11 is 0. The van der Waals surface area contributed by atoms with Crippen molar-refractivity contribution in [1.29, 1.82) is 0 Å². The standard InChI is InChI=1S/C17H34/c1-7-13(3)10-9-11-16(15-12-14(15)4)17(5,6)8-2/h13-16H,7-12H2,1-6H3. The van der Waals surface area contributed by atoms with Crippen LogP contribution in [-0.4, -0.2) is 0 Å². The molecule has 0 heterocycles. The van der Waals surface area contributed by atoms with Crippen molar-refractivity contribution >= 4 is 0 Å². The fourth-order valence-electron chi connectivity index (χ4n) is 3.25. The van der Waals surface area contributed by atoms with Crippen molar-refractivity contribution < 1.29 is 0 Å². The van der Waals surface area contributed by atoms with Gasteiger partial charge >= 0.3 is 0 Å². The number of rotatable bonds is 8. The van der Waals surface area contributed by atoms with E-state index in [4.69, 9.17) is 0 Å². The summed E-state index contributed by atoms with van der Waals surface area (Å²) in [4.78, 5) is 0. The van der Waals surface area contributed by atoms with Gasteiger partial charge in [0.25, 0.3) is 0 Å². The van der Waals surface area contributed by atoms with E-state index in [1.54, 1.807) is 0 Å². The quantitative estimate of drug-likeness (QED) is 0.493. The van der Waals surface area contributed by atoms with Crippen LogP contribution in [0.1, 0.15) is 80.1 Å². The Morgan fingerprint density at radius 3 is 2.18 bits per heavy atom. The fraction of sp³-hybridized carbons (Fsp3) is 1.00. The first-order chi connectivity index (χ1) is 7.92. The molecule has 102 valence electrons. The zero-order valence-corrected chi connectivity index (χ0v) is 13.1. The van der Waals surface area contributed by atoms with Crippen LogP contribution in [0.3, 0.4) is 0 Å². The molecule has 1 saturated carbocycles. The first-order valence-corrected chi connectivity index (χ1v) is 7.92. The number of hydrogen-bond acceptors (Lipinski definition) is 0. The van der Waals surface area contributed by atoms with Crippen LogP contribution in [0.5, 0.6) is 0 Å². The molecule has 4 atom stereocenters. The zero-order valence-electron chi connectivity index (χ0n) is 13.1. The predicted octanol–water partition coefficient (Wildman–Crippen LogP) is 5.91. The molecule has 0 nitrogen and oxygen atoms in total. The summed E-state index contributed by atoms with van der Waals surface area (Å²) in [5, 5.41) is 0. The molecule has 0 saturated heterocycles. The summed E-state index contributed by atoms with van der Waals surface area (Å²) in [6.07, 6.45) is 8.55. The highest BCUT2D eigenvalue weighted by molar-refractivity contribution is 4.94. The molecule has 0 aromatic carbocycles. The first-order valence-electron chi connectivity index (χ1n) is 7.92. The van der Waals surface area contributed by atoms with Crippen LogP contribution in [-0.2, 0) is 0 Å². The van der Waals surface area contributed by atoms with Gasteiger partial charge in [-0.15, -0.1) is 0 Å². The average molecular weight is 238 g/mol. The van der Waals surface area contributed by atoms with Gasteiger partial charge in [-0.05, 0) is 41.9 Å². The molecule has 0 spiro atoms. The predicted molar refractivity (Wildman–Crippen MR) is 78.1 cm³/mol. The summed E-state index contributed by atoms with van der Waals surface area (Å²) < 4.78 is 0. The van der Waals surface area contributed by atoms with Crippen molar-refractivity contribution in [3.8, 4) is 0 Å². The van der Waals surface area contributed by atoms with Crippen LogP contribution in [0.15, 0.2) is 0 Å². The first kappa shape index (κ1) is 15.1. The van der Waals surface area contributed by atoms with Crippen molar-refractivity contribution in [3.05, 3.63) is 0 Å². The zero-order chi connectivity index (χ0) is 13.1. The Labute approximate surface area is 110 Å². The van der Waals surface area contributed by atoms with Crippen molar-refractivity contribution in [2.45, 2.75) is 80.1 Å². The summed E-state index contributed by atoms with van der Waals surface area (Å²) in [6.45, 7) is 14.5. The number of hydrogen-bond donors (Lipinski definition) is 0. The van der Waals surface area contributed by atoms with Crippen LogP contribution in [0, 0.1) is 29.1 Å². The van der Waals surface area contributed by atoms with Crippen LogP contribution in [0.4, 0.5) is 0 Å². The molecular weight excluding hydrogens is 204 g/mol. The maximum atomic E-state index is 2.49. The highest BCUT2D eigenvalue weighted by Crippen LogP contribution is 2.53. The third-order valence-electron chi connectivity index (χ3n) is 5.51. The van der Waals surface area contributed by atoms with E-state index < -0.39 is 0 Å². The molecule has 0 aliphatic heterocycles. The van der Waals surface area contributed by atoms with Crippen LogP contribution in [0.25, 0.3) is 0 Å². The van der Waals surface area contributed by atoms with Gasteiger partial charge in [0.15, 0.2) is 0 Å². The molecule has 1 rings (SSSR count). The largest absolute Gasteiger partial charge is 0.0651 e. The Kier molecular flexibility index (Phi) is 5.54. The van der Waals surface area contributed by atoms with E-state index in [-0.39, 0.29) is 0 Å². The summed E-state index contributed by atoms with van der Waals surface area (Å²) in [5.74, 6) is 3.96. The minimum atomic E-state index is 0.560. The lowest BCUT2D eigenvalue weighted by Crippen LogP contribution is -2.25. The maximum Gasteiger partial charge on any atom is -0.0326 e. The molecule has 0 N–H and O–H groups in total. The molecular formula is C17H34. The van der Waals surface area contributed by atoms with Crippen molar-refractivity contribution in [2.75, 3.05) is 0 Å². The Balaban J connectivity index is 2.42. The van der Waals surface area contributed by atoms with Gasteiger partial charge < -0.3 is 0 Å². The Bertz CT molecular complexity index is 216. The van der Waals surface area contributed by atoms with Crippen LogP contribution in [0.2, 0.25) is 0 Å². The third kappa shape index (κ3) is 4.30. The van der Waals surface area contributed by atoms with E-state index in [1.807, 2.05) is 0 Å². The highest BCUT2D eigenvalue weighted by Gasteiger charge is 2.44. The second-order valence-corrected chi connectivity index (χ2v) is 7.27. The van der Waals surface area contributed by atoms with Crippen molar-refractivity contribution in [3.63, 3.8) is 0 Å². The summed E-state index contributed by atoms with van der Waals surface area (Å²) in [6, 6.07) is 0. The molecule has 0 heteroatoms. The van der Waals surface area contributed by atoms with Gasteiger partial charge in [0.05, 0.1) is 0 Å². The van der Waals surface area contributed by atoms with Crippen molar-refractivity contribution in [2.24, 2.45) is 29.1 Å². The van der Waals surface area contributed by atoms with Gasteiger partial charge in [0, 0.05) is 0 Å². The molecule has 1 aliphatic rings. The van der Waals surface area contributed by atoms with Gasteiger partial charge in [-0.1, -0.05) is 67.2 Å². The highest BCUT2D eigenvalue weighted by atomic mass is 14.5. The van der Waals surface area contributed by atoms with E-state index in [1.165, 1.54) is 38.5 Å². The molecule has 1 fully saturated rings. The lowest BCUT2D eigenvalue weighted by Gasteiger charge is -2.34. The summed E-state index contributed by atoms with van der Waals surface area (Å²) in [5.41, 5.74) is 0.560. The fourth-order valence-corrected chi connectivity index (χ4v) is 3.25.